The average molecular weight is 469 g/mol. The molecule has 0 radical (unpaired) electrons. The van der Waals surface area contributed by atoms with Crippen molar-refractivity contribution in [1.29, 1.82) is 0 Å². The van der Waals surface area contributed by atoms with Crippen LogP contribution in [0.4, 0.5) is 0 Å². The molecule has 0 aliphatic heterocycles. The molecule has 2 aromatic carbocycles. The Morgan fingerprint density at radius 2 is 0.886 bits per heavy atom. The second kappa shape index (κ2) is 11.6. The van der Waals surface area contributed by atoms with Gasteiger partial charge in [-0.3, -0.25) is 9.80 Å². The van der Waals surface area contributed by atoms with Crippen molar-refractivity contribution in [2.24, 2.45) is 0 Å². The summed E-state index contributed by atoms with van der Waals surface area (Å²) in [5.74, 6) is 0. The van der Waals surface area contributed by atoms with Gasteiger partial charge in [0.05, 0.1) is 0 Å². The Hall–Kier alpha value is -3.08. The highest BCUT2D eigenvalue weighted by molar-refractivity contribution is 5.57. The molecule has 0 bridgehead atoms. The van der Waals surface area contributed by atoms with Crippen LogP contribution in [-0.4, -0.2) is 45.9 Å². The van der Waals surface area contributed by atoms with Gasteiger partial charge in [-0.2, -0.15) is 0 Å². The third-order valence-electron chi connectivity index (χ3n) is 7.29. The average Bonchev–Trinajstić information content (AvgIpc) is 3.58. The standard InChI is InChI=1S/C31H40N4/c1-5-34(6-2)23-27-19-21-29(32-27)31(25-15-11-9-12-16-25,26-17-13-10-14-18-26)30-22-20-28(33-30)24-35(7-3)8-4/h9-22,32-33H,5-8,23-24H2,1-4H3. The first kappa shape index (κ1) is 25.0. The van der Waals surface area contributed by atoms with Gasteiger partial charge in [-0.25, -0.2) is 0 Å². The van der Waals surface area contributed by atoms with Crippen molar-refractivity contribution in [2.45, 2.75) is 46.2 Å². The summed E-state index contributed by atoms with van der Waals surface area (Å²) < 4.78 is 0. The number of aromatic nitrogens is 2. The van der Waals surface area contributed by atoms with Crippen molar-refractivity contribution in [3.63, 3.8) is 0 Å². The molecular weight excluding hydrogens is 428 g/mol. The van der Waals surface area contributed by atoms with Gasteiger partial charge in [-0.05, 0) is 61.6 Å². The van der Waals surface area contributed by atoms with E-state index in [0.717, 1.165) is 39.3 Å². The zero-order chi connectivity index (χ0) is 24.7. The summed E-state index contributed by atoms with van der Waals surface area (Å²) in [6.07, 6.45) is 0. The van der Waals surface area contributed by atoms with E-state index in [4.69, 9.17) is 0 Å². The van der Waals surface area contributed by atoms with E-state index in [2.05, 4.69) is 132 Å². The lowest BCUT2D eigenvalue weighted by atomic mass is 9.69. The highest BCUT2D eigenvalue weighted by Gasteiger charge is 2.40. The van der Waals surface area contributed by atoms with Crippen LogP contribution in [0.5, 0.6) is 0 Å². The van der Waals surface area contributed by atoms with Gasteiger partial charge in [0.15, 0.2) is 0 Å². The van der Waals surface area contributed by atoms with Crippen molar-refractivity contribution in [3.8, 4) is 0 Å². The minimum absolute atomic E-state index is 0.467. The second-order valence-corrected chi connectivity index (χ2v) is 9.20. The van der Waals surface area contributed by atoms with E-state index < -0.39 is 5.41 Å². The third kappa shape index (κ3) is 5.14. The molecule has 2 aromatic heterocycles. The number of rotatable bonds is 12. The maximum Gasteiger partial charge on any atom is 0.100 e. The van der Waals surface area contributed by atoms with Gasteiger partial charge in [0.25, 0.3) is 0 Å². The van der Waals surface area contributed by atoms with Crippen LogP contribution in [0.3, 0.4) is 0 Å². The molecule has 0 saturated heterocycles. The fourth-order valence-corrected chi connectivity index (χ4v) is 5.19. The van der Waals surface area contributed by atoms with Gasteiger partial charge in [-0.15, -0.1) is 0 Å². The van der Waals surface area contributed by atoms with Gasteiger partial charge in [0.1, 0.15) is 5.41 Å². The first-order chi connectivity index (χ1) is 17.1. The summed E-state index contributed by atoms with van der Waals surface area (Å²) in [5.41, 5.74) is 6.90. The van der Waals surface area contributed by atoms with Crippen molar-refractivity contribution < 1.29 is 0 Å². The normalized spacial score (nSPS) is 12.1. The van der Waals surface area contributed by atoms with Crippen LogP contribution < -0.4 is 0 Å². The lowest BCUT2D eigenvalue weighted by Crippen LogP contribution is -2.32. The monoisotopic (exact) mass is 468 g/mol. The van der Waals surface area contributed by atoms with E-state index in [1.165, 1.54) is 33.9 Å². The van der Waals surface area contributed by atoms with E-state index >= 15 is 0 Å². The zero-order valence-corrected chi connectivity index (χ0v) is 21.7. The smallest absolute Gasteiger partial charge is 0.100 e. The van der Waals surface area contributed by atoms with E-state index in [-0.39, 0.29) is 0 Å². The molecule has 4 rings (SSSR count). The Labute approximate surface area is 211 Å². The topological polar surface area (TPSA) is 38.1 Å². The van der Waals surface area contributed by atoms with Gasteiger partial charge in [0.2, 0.25) is 0 Å². The molecule has 0 aliphatic rings. The molecule has 4 aromatic rings. The summed E-state index contributed by atoms with van der Waals surface area (Å²) in [7, 11) is 0. The minimum Gasteiger partial charge on any atom is -0.360 e. The molecular formula is C31H40N4. The molecule has 4 nitrogen and oxygen atoms in total. The largest absolute Gasteiger partial charge is 0.360 e. The third-order valence-corrected chi connectivity index (χ3v) is 7.29. The number of nitrogens with zero attached hydrogens (tertiary/aromatic N) is 2. The number of hydrogen-bond acceptors (Lipinski definition) is 2. The Kier molecular flexibility index (Phi) is 8.27. The molecule has 2 heterocycles. The summed E-state index contributed by atoms with van der Waals surface area (Å²) in [5, 5.41) is 0. The highest BCUT2D eigenvalue weighted by Crippen LogP contribution is 2.44. The summed E-state index contributed by atoms with van der Waals surface area (Å²) in [6.45, 7) is 14.9. The molecule has 0 amide bonds. The maximum absolute atomic E-state index is 3.85. The fourth-order valence-electron chi connectivity index (χ4n) is 5.19. The van der Waals surface area contributed by atoms with Gasteiger partial charge >= 0.3 is 0 Å². The van der Waals surface area contributed by atoms with Crippen LogP contribution in [0.15, 0.2) is 84.9 Å². The molecule has 0 unspecified atom stereocenters. The van der Waals surface area contributed by atoms with Crippen molar-refractivity contribution >= 4 is 0 Å². The van der Waals surface area contributed by atoms with E-state index in [1.54, 1.807) is 0 Å². The van der Waals surface area contributed by atoms with Gasteiger partial charge in [-0.1, -0.05) is 88.4 Å². The minimum atomic E-state index is -0.467. The molecule has 0 spiro atoms. The van der Waals surface area contributed by atoms with Crippen molar-refractivity contribution in [3.05, 3.63) is 119 Å². The van der Waals surface area contributed by atoms with Gasteiger partial charge in [0, 0.05) is 35.9 Å². The number of H-pyrrole nitrogens is 2. The van der Waals surface area contributed by atoms with Gasteiger partial charge < -0.3 is 9.97 Å². The van der Waals surface area contributed by atoms with E-state index in [1.807, 2.05) is 0 Å². The molecule has 0 aliphatic carbocycles. The van der Waals surface area contributed by atoms with E-state index in [0.29, 0.717) is 0 Å². The number of benzene rings is 2. The Morgan fingerprint density at radius 1 is 0.514 bits per heavy atom. The molecule has 184 valence electrons. The molecule has 0 fully saturated rings. The predicted octanol–water partition coefficient (Wildman–Crippen LogP) is 6.41. The van der Waals surface area contributed by atoms with E-state index in [9.17, 15) is 0 Å². The lowest BCUT2D eigenvalue weighted by Gasteiger charge is -2.34. The first-order valence-electron chi connectivity index (χ1n) is 13.1. The Morgan fingerprint density at radius 3 is 1.23 bits per heavy atom. The summed E-state index contributed by atoms with van der Waals surface area (Å²) in [6, 6.07) is 30.9. The fraction of sp³-hybridized carbons (Fsp3) is 0.355. The summed E-state index contributed by atoms with van der Waals surface area (Å²) >= 11 is 0. The second-order valence-electron chi connectivity index (χ2n) is 9.20. The molecule has 0 atom stereocenters. The van der Waals surface area contributed by atoms with Crippen molar-refractivity contribution in [2.75, 3.05) is 26.2 Å². The predicted molar refractivity (Wildman–Crippen MR) is 147 cm³/mol. The molecule has 4 heteroatoms. The van der Waals surface area contributed by atoms with Crippen LogP contribution in [0.25, 0.3) is 0 Å². The van der Waals surface area contributed by atoms with Crippen LogP contribution in [0.2, 0.25) is 0 Å². The van der Waals surface area contributed by atoms with Crippen LogP contribution >= 0.6 is 0 Å². The first-order valence-corrected chi connectivity index (χ1v) is 13.1. The van der Waals surface area contributed by atoms with Crippen LogP contribution in [0.1, 0.15) is 61.6 Å². The molecule has 0 saturated carbocycles. The number of hydrogen-bond donors (Lipinski definition) is 2. The molecule has 2 N–H and O–H groups in total. The van der Waals surface area contributed by atoms with Crippen LogP contribution in [0, 0.1) is 0 Å². The maximum atomic E-state index is 3.85. The molecule has 35 heavy (non-hydrogen) atoms. The quantitative estimate of drug-likeness (QED) is 0.252. The Balaban J connectivity index is 1.90. The highest BCUT2D eigenvalue weighted by atomic mass is 15.1. The van der Waals surface area contributed by atoms with Crippen LogP contribution in [-0.2, 0) is 18.5 Å². The summed E-state index contributed by atoms with van der Waals surface area (Å²) in [4.78, 5) is 12.6. The van der Waals surface area contributed by atoms with Crippen molar-refractivity contribution in [1.82, 2.24) is 19.8 Å². The zero-order valence-electron chi connectivity index (χ0n) is 21.7. The number of nitrogens with one attached hydrogen (secondary N) is 2. The Bertz CT molecular complexity index is 1060. The lowest BCUT2D eigenvalue weighted by molar-refractivity contribution is 0.292. The SMILES string of the molecule is CCN(CC)Cc1ccc(C(c2ccccc2)(c2ccccc2)c2ccc(CN(CC)CC)[nH]2)[nH]1. The number of aromatic amines is 2.